The van der Waals surface area contributed by atoms with Crippen molar-refractivity contribution in [3.63, 3.8) is 0 Å². The number of carbonyl (C=O) groups excluding carboxylic acids is 2. The Morgan fingerprint density at radius 3 is 2.16 bits per heavy atom. The van der Waals surface area contributed by atoms with Gasteiger partial charge in [0.05, 0.1) is 28.6 Å². The molecule has 4 nitrogen and oxygen atoms in total. The number of carbonyl (C=O) groups is 2. The molecule has 4 atom stereocenters. The second-order valence-corrected chi connectivity index (χ2v) is 10.4. The van der Waals surface area contributed by atoms with Gasteiger partial charge in [-0.05, 0) is 69.1 Å². The molecule has 1 aliphatic carbocycles. The minimum absolute atomic E-state index is 0.0859. The van der Waals surface area contributed by atoms with Crippen molar-refractivity contribution < 1.29 is 19.1 Å². The maximum atomic E-state index is 14.2. The van der Waals surface area contributed by atoms with Gasteiger partial charge in [-0.2, -0.15) is 0 Å². The molecule has 31 heavy (non-hydrogen) atoms. The van der Waals surface area contributed by atoms with E-state index in [1.54, 1.807) is 0 Å². The average Bonchev–Trinajstić information content (AvgIpc) is 3.33. The highest BCUT2D eigenvalue weighted by Gasteiger charge is 2.74. The first-order valence-corrected chi connectivity index (χ1v) is 11.9. The van der Waals surface area contributed by atoms with Crippen molar-refractivity contribution in [2.24, 2.45) is 16.7 Å². The molecule has 1 aromatic carbocycles. The summed E-state index contributed by atoms with van der Waals surface area (Å²) in [6.45, 7) is 14.5. The third kappa shape index (κ3) is 2.97. The van der Waals surface area contributed by atoms with E-state index in [1.807, 2.05) is 20.8 Å². The molecule has 0 N–H and O–H groups in total. The van der Waals surface area contributed by atoms with E-state index in [2.05, 4.69) is 39.8 Å². The molecule has 0 radical (unpaired) electrons. The largest absolute Gasteiger partial charge is 0.430 e. The number of rotatable bonds is 6. The molecular weight excluding hydrogens is 388 g/mol. The minimum atomic E-state index is -0.695. The van der Waals surface area contributed by atoms with Crippen LogP contribution >= 0.6 is 0 Å². The third-order valence-corrected chi connectivity index (χ3v) is 8.03. The monoisotopic (exact) mass is 424 g/mol. The lowest BCUT2D eigenvalue weighted by atomic mass is 9.58. The molecule has 2 heterocycles. The second kappa shape index (κ2) is 7.58. The zero-order valence-corrected chi connectivity index (χ0v) is 20.1. The van der Waals surface area contributed by atoms with Crippen LogP contribution in [-0.2, 0) is 31.9 Å². The molecule has 2 fully saturated rings. The predicted molar refractivity (Wildman–Crippen MR) is 122 cm³/mol. The van der Waals surface area contributed by atoms with Gasteiger partial charge in [-0.3, -0.25) is 9.59 Å². The predicted octanol–water partition coefficient (Wildman–Crippen LogP) is 5.58. The van der Waals surface area contributed by atoms with Gasteiger partial charge >= 0.3 is 5.97 Å². The summed E-state index contributed by atoms with van der Waals surface area (Å²) >= 11 is 0. The molecule has 0 aromatic heterocycles. The van der Waals surface area contributed by atoms with Crippen molar-refractivity contribution in [1.82, 2.24) is 0 Å². The topological polar surface area (TPSA) is 52.6 Å². The van der Waals surface area contributed by atoms with Crippen molar-refractivity contribution in [2.75, 3.05) is 0 Å². The standard InChI is InChI=1S/C27H36O4/c1-8-17-13-16(5)14-18(9-2)22(17)23-24(29)26(6)19-10-11-20(30-19)27(26,7)25(23)31-21(28)12-15(3)4/h13-15,19-20H,8-12H2,1-7H3/t19-,20+,26+,27-/m0/s1. The molecule has 4 rings (SSSR count). The molecule has 168 valence electrons. The summed E-state index contributed by atoms with van der Waals surface area (Å²) in [4.78, 5) is 27.1. The molecule has 2 bridgehead atoms. The number of fused-ring (bicyclic) bond motifs is 5. The van der Waals surface area contributed by atoms with E-state index in [9.17, 15) is 9.59 Å². The number of benzene rings is 1. The fraction of sp³-hybridized carbons (Fsp3) is 0.630. The fourth-order valence-electron chi connectivity index (χ4n) is 6.24. The Morgan fingerprint density at radius 2 is 1.65 bits per heavy atom. The lowest BCUT2D eigenvalue weighted by molar-refractivity contribution is -0.144. The molecule has 0 saturated carbocycles. The highest BCUT2D eigenvalue weighted by Crippen LogP contribution is 2.69. The van der Waals surface area contributed by atoms with Crippen LogP contribution < -0.4 is 0 Å². The van der Waals surface area contributed by atoms with Crippen LogP contribution in [0.3, 0.4) is 0 Å². The zero-order chi connectivity index (χ0) is 22.7. The number of esters is 1. The van der Waals surface area contributed by atoms with E-state index in [1.165, 1.54) is 5.56 Å². The number of allylic oxidation sites excluding steroid dienone is 1. The summed E-state index contributed by atoms with van der Waals surface area (Å²) in [7, 11) is 0. The lowest BCUT2D eigenvalue weighted by Crippen LogP contribution is -2.48. The SMILES string of the molecule is CCc1cc(C)cc(CC)c1C1=C(OC(=O)CC(C)C)[C@]2(C)[C@H]3CC[C@H](O3)[C@]2(C)C1=O. The van der Waals surface area contributed by atoms with E-state index < -0.39 is 10.8 Å². The van der Waals surface area contributed by atoms with E-state index >= 15 is 0 Å². The minimum Gasteiger partial charge on any atom is -0.430 e. The van der Waals surface area contributed by atoms with Gasteiger partial charge in [0.1, 0.15) is 5.76 Å². The van der Waals surface area contributed by atoms with Gasteiger partial charge in [0.2, 0.25) is 0 Å². The summed E-state index contributed by atoms with van der Waals surface area (Å²) in [6.07, 6.45) is 3.56. The van der Waals surface area contributed by atoms with Crippen LogP contribution in [0.5, 0.6) is 0 Å². The number of Topliss-reactive ketones (excluding diaryl/α,β-unsaturated/α-hetero) is 1. The van der Waals surface area contributed by atoms with E-state index in [-0.39, 0.29) is 29.9 Å². The Morgan fingerprint density at radius 1 is 1.10 bits per heavy atom. The third-order valence-electron chi connectivity index (χ3n) is 8.03. The van der Waals surface area contributed by atoms with Crippen molar-refractivity contribution in [3.05, 3.63) is 40.1 Å². The Labute approximate surface area is 186 Å². The first kappa shape index (κ1) is 22.3. The summed E-state index contributed by atoms with van der Waals surface area (Å²) in [5.41, 5.74) is 3.81. The van der Waals surface area contributed by atoms with Crippen molar-refractivity contribution in [2.45, 2.75) is 92.8 Å². The number of ketones is 1. The van der Waals surface area contributed by atoms with Crippen LogP contribution in [0.4, 0.5) is 0 Å². The van der Waals surface area contributed by atoms with Crippen molar-refractivity contribution in [3.8, 4) is 0 Å². The zero-order valence-electron chi connectivity index (χ0n) is 20.1. The molecule has 0 unspecified atom stereocenters. The molecule has 4 heteroatoms. The Balaban J connectivity index is 1.98. The summed E-state index contributed by atoms with van der Waals surface area (Å²) in [5.74, 6) is 0.585. The first-order chi connectivity index (χ1) is 14.6. The van der Waals surface area contributed by atoms with Crippen LogP contribution in [-0.4, -0.2) is 24.0 Å². The lowest BCUT2D eigenvalue weighted by Gasteiger charge is -2.41. The highest BCUT2D eigenvalue weighted by molar-refractivity contribution is 6.28. The van der Waals surface area contributed by atoms with Crippen LogP contribution in [0.2, 0.25) is 0 Å². The van der Waals surface area contributed by atoms with Gasteiger partial charge in [-0.1, -0.05) is 45.4 Å². The molecule has 0 spiro atoms. The van der Waals surface area contributed by atoms with Crippen LogP contribution in [0, 0.1) is 23.7 Å². The quantitative estimate of drug-likeness (QED) is 0.560. The summed E-state index contributed by atoms with van der Waals surface area (Å²) in [6, 6.07) is 4.35. The molecular formula is C27H36O4. The normalized spacial score (nSPS) is 31.7. The fourth-order valence-corrected chi connectivity index (χ4v) is 6.24. The van der Waals surface area contributed by atoms with E-state index in [0.29, 0.717) is 17.8 Å². The average molecular weight is 425 g/mol. The second-order valence-electron chi connectivity index (χ2n) is 10.4. The van der Waals surface area contributed by atoms with Gasteiger partial charge in [-0.15, -0.1) is 0 Å². The van der Waals surface area contributed by atoms with Crippen LogP contribution in [0.15, 0.2) is 17.9 Å². The summed E-state index contributed by atoms with van der Waals surface area (Å²) in [5, 5.41) is 0. The van der Waals surface area contributed by atoms with Gasteiger partial charge in [0.15, 0.2) is 5.78 Å². The van der Waals surface area contributed by atoms with Gasteiger partial charge < -0.3 is 9.47 Å². The molecule has 2 aliphatic heterocycles. The maximum Gasteiger partial charge on any atom is 0.311 e. The van der Waals surface area contributed by atoms with E-state index in [4.69, 9.17) is 9.47 Å². The number of hydrogen-bond donors (Lipinski definition) is 0. The summed E-state index contributed by atoms with van der Waals surface area (Å²) < 4.78 is 12.4. The first-order valence-electron chi connectivity index (χ1n) is 11.9. The Bertz CT molecular complexity index is 946. The van der Waals surface area contributed by atoms with Crippen molar-refractivity contribution >= 4 is 17.3 Å². The number of aryl methyl sites for hydroxylation is 3. The molecule has 3 aliphatic rings. The van der Waals surface area contributed by atoms with Crippen molar-refractivity contribution in [1.29, 1.82) is 0 Å². The molecule has 1 aromatic rings. The smallest absolute Gasteiger partial charge is 0.311 e. The molecule has 2 saturated heterocycles. The Kier molecular flexibility index (Phi) is 5.44. The van der Waals surface area contributed by atoms with Gasteiger partial charge in [0.25, 0.3) is 0 Å². The Hall–Kier alpha value is -1.94. The maximum absolute atomic E-state index is 14.2. The highest BCUT2D eigenvalue weighted by atomic mass is 16.6. The van der Waals surface area contributed by atoms with Gasteiger partial charge in [0, 0.05) is 6.42 Å². The molecule has 0 amide bonds. The van der Waals surface area contributed by atoms with E-state index in [0.717, 1.165) is 42.4 Å². The number of hydrogen-bond acceptors (Lipinski definition) is 4. The van der Waals surface area contributed by atoms with Crippen LogP contribution in [0.25, 0.3) is 5.57 Å². The number of ether oxygens (including phenoxy) is 2. The van der Waals surface area contributed by atoms with Crippen LogP contribution in [0.1, 0.15) is 83.1 Å². The van der Waals surface area contributed by atoms with Gasteiger partial charge in [-0.25, -0.2) is 0 Å².